The van der Waals surface area contributed by atoms with E-state index < -0.39 is 0 Å². The fourth-order valence-electron chi connectivity index (χ4n) is 1.41. The zero-order valence-corrected chi connectivity index (χ0v) is 10.3. The summed E-state index contributed by atoms with van der Waals surface area (Å²) in [5.74, 6) is -0.768. The average Bonchev–Trinajstić information content (AvgIpc) is 2.36. The smallest absolute Gasteiger partial charge is 0.220 e. The number of Topliss-reactive ketones (excluding diaryl/α,β-unsaturated/α-hetero) is 1. The van der Waals surface area contributed by atoms with E-state index in [1.165, 1.54) is 24.3 Å². The Hall–Kier alpha value is -1.75. The average molecular weight is 252 g/mol. The van der Waals surface area contributed by atoms with E-state index in [4.69, 9.17) is 5.73 Å². The van der Waals surface area contributed by atoms with Gasteiger partial charge in [-0.15, -0.1) is 0 Å². The number of carbonyl (C=O) groups excluding carboxylic acids is 2. The van der Waals surface area contributed by atoms with E-state index in [1.807, 2.05) is 0 Å². The van der Waals surface area contributed by atoms with Crippen molar-refractivity contribution in [2.24, 2.45) is 5.73 Å². The molecular formula is C13H17FN2O2. The summed E-state index contributed by atoms with van der Waals surface area (Å²) in [7, 11) is 0. The highest BCUT2D eigenvalue weighted by molar-refractivity contribution is 5.97. The molecule has 1 rings (SSSR count). The third kappa shape index (κ3) is 4.63. The molecule has 5 heteroatoms. The van der Waals surface area contributed by atoms with Gasteiger partial charge in [0.25, 0.3) is 0 Å². The fraction of sp³-hybridized carbons (Fsp3) is 0.385. The summed E-state index contributed by atoms with van der Waals surface area (Å²) in [4.78, 5) is 23.1. The van der Waals surface area contributed by atoms with Crippen LogP contribution in [0.5, 0.6) is 0 Å². The SMILES string of the molecule is C[C@@H](CN)NC(=O)CCC(=O)c1ccc(F)cc1. The summed E-state index contributed by atoms with van der Waals surface area (Å²) < 4.78 is 12.7. The Bertz CT molecular complexity index is 418. The van der Waals surface area contributed by atoms with Crippen molar-refractivity contribution in [2.75, 3.05) is 6.54 Å². The van der Waals surface area contributed by atoms with Crippen LogP contribution >= 0.6 is 0 Å². The molecule has 1 atom stereocenters. The maximum atomic E-state index is 12.7. The number of amides is 1. The molecule has 0 heterocycles. The Kier molecular flexibility index (Phi) is 5.45. The van der Waals surface area contributed by atoms with Crippen LogP contribution in [0, 0.1) is 5.82 Å². The van der Waals surface area contributed by atoms with Crippen molar-refractivity contribution in [3.8, 4) is 0 Å². The van der Waals surface area contributed by atoms with E-state index in [9.17, 15) is 14.0 Å². The van der Waals surface area contributed by atoms with Crippen LogP contribution < -0.4 is 11.1 Å². The van der Waals surface area contributed by atoms with Crippen molar-refractivity contribution in [3.63, 3.8) is 0 Å². The zero-order chi connectivity index (χ0) is 13.5. The number of rotatable bonds is 6. The first kappa shape index (κ1) is 14.3. The topological polar surface area (TPSA) is 72.2 Å². The Morgan fingerprint density at radius 3 is 2.44 bits per heavy atom. The van der Waals surface area contributed by atoms with E-state index in [1.54, 1.807) is 6.92 Å². The van der Waals surface area contributed by atoms with Crippen molar-refractivity contribution >= 4 is 11.7 Å². The van der Waals surface area contributed by atoms with Gasteiger partial charge in [0.05, 0.1) is 0 Å². The number of benzene rings is 1. The standard InChI is InChI=1S/C13H17FN2O2/c1-9(8-15)16-13(18)7-6-12(17)10-2-4-11(14)5-3-10/h2-5,9H,6-8,15H2,1H3,(H,16,18)/t9-/m0/s1. The van der Waals surface area contributed by atoms with Gasteiger partial charge in [-0.3, -0.25) is 9.59 Å². The predicted octanol–water partition coefficient (Wildman–Crippen LogP) is 1.25. The lowest BCUT2D eigenvalue weighted by molar-refractivity contribution is -0.121. The second-order valence-corrected chi connectivity index (χ2v) is 4.13. The van der Waals surface area contributed by atoms with Gasteiger partial charge in [-0.05, 0) is 31.2 Å². The number of nitrogens with two attached hydrogens (primary N) is 1. The first-order valence-electron chi connectivity index (χ1n) is 5.81. The molecule has 0 saturated carbocycles. The molecule has 3 N–H and O–H groups in total. The maximum Gasteiger partial charge on any atom is 0.220 e. The molecule has 0 radical (unpaired) electrons. The van der Waals surface area contributed by atoms with E-state index in [0.717, 1.165) is 0 Å². The summed E-state index contributed by atoms with van der Waals surface area (Å²) in [5, 5.41) is 2.67. The van der Waals surface area contributed by atoms with Crippen LogP contribution in [0.2, 0.25) is 0 Å². The largest absolute Gasteiger partial charge is 0.352 e. The summed E-state index contributed by atoms with van der Waals surface area (Å²) in [6.45, 7) is 2.15. The summed E-state index contributed by atoms with van der Waals surface area (Å²) in [6.07, 6.45) is 0.218. The fourth-order valence-corrected chi connectivity index (χ4v) is 1.41. The molecule has 0 aliphatic rings. The molecule has 0 saturated heterocycles. The molecule has 0 aromatic heterocycles. The lowest BCUT2D eigenvalue weighted by Gasteiger charge is -2.10. The molecule has 4 nitrogen and oxygen atoms in total. The van der Waals surface area contributed by atoms with Crippen LogP contribution in [0.3, 0.4) is 0 Å². The molecule has 98 valence electrons. The van der Waals surface area contributed by atoms with Crippen LogP contribution in [0.15, 0.2) is 24.3 Å². The molecule has 0 aliphatic carbocycles. The monoisotopic (exact) mass is 252 g/mol. The minimum atomic E-state index is -0.388. The Morgan fingerprint density at radius 2 is 1.89 bits per heavy atom. The third-order valence-electron chi connectivity index (χ3n) is 2.51. The molecule has 0 fully saturated rings. The maximum absolute atomic E-state index is 12.7. The lowest BCUT2D eigenvalue weighted by atomic mass is 10.1. The zero-order valence-electron chi connectivity index (χ0n) is 10.3. The quantitative estimate of drug-likeness (QED) is 0.748. The molecule has 1 aromatic rings. The molecule has 0 bridgehead atoms. The highest BCUT2D eigenvalue weighted by atomic mass is 19.1. The number of hydrogen-bond acceptors (Lipinski definition) is 3. The lowest BCUT2D eigenvalue weighted by Crippen LogP contribution is -2.37. The summed E-state index contributed by atoms with van der Waals surface area (Å²) in [6, 6.07) is 5.18. The van der Waals surface area contributed by atoms with Gasteiger partial charge < -0.3 is 11.1 Å². The van der Waals surface area contributed by atoms with E-state index in [0.29, 0.717) is 12.1 Å². The van der Waals surface area contributed by atoms with Crippen LogP contribution in [0.4, 0.5) is 4.39 Å². The Balaban J connectivity index is 2.41. The van der Waals surface area contributed by atoms with Gasteiger partial charge in [0.1, 0.15) is 5.82 Å². The van der Waals surface area contributed by atoms with Crippen molar-refractivity contribution in [1.29, 1.82) is 0 Å². The van der Waals surface area contributed by atoms with Gasteiger partial charge in [-0.2, -0.15) is 0 Å². The normalized spacial score (nSPS) is 11.9. The number of nitrogens with one attached hydrogen (secondary N) is 1. The van der Waals surface area contributed by atoms with Crippen LogP contribution in [-0.2, 0) is 4.79 Å². The number of carbonyl (C=O) groups is 2. The summed E-state index contributed by atoms with van der Waals surface area (Å²) >= 11 is 0. The van der Waals surface area contributed by atoms with Gasteiger partial charge in [-0.1, -0.05) is 0 Å². The van der Waals surface area contributed by atoms with Crippen LogP contribution in [0.25, 0.3) is 0 Å². The summed E-state index contributed by atoms with van der Waals surface area (Å²) in [5.41, 5.74) is 5.78. The molecule has 0 unspecified atom stereocenters. The molecule has 1 amide bonds. The van der Waals surface area contributed by atoms with Crippen molar-refractivity contribution in [2.45, 2.75) is 25.8 Å². The second kappa shape index (κ2) is 6.86. The highest BCUT2D eigenvalue weighted by Crippen LogP contribution is 2.07. The predicted molar refractivity (Wildman–Crippen MR) is 66.6 cm³/mol. The Labute approximate surface area is 105 Å². The highest BCUT2D eigenvalue weighted by Gasteiger charge is 2.10. The van der Waals surface area contributed by atoms with Gasteiger partial charge in [0.2, 0.25) is 5.91 Å². The van der Waals surface area contributed by atoms with Crippen molar-refractivity contribution < 1.29 is 14.0 Å². The minimum absolute atomic E-state index is 0.0987. The van der Waals surface area contributed by atoms with Crippen molar-refractivity contribution in [3.05, 3.63) is 35.6 Å². The Morgan fingerprint density at radius 1 is 1.28 bits per heavy atom. The van der Waals surface area contributed by atoms with Gasteiger partial charge >= 0.3 is 0 Å². The van der Waals surface area contributed by atoms with Crippen LogP contribution in [-0.4, -0.2) is 24.3 Å². The molecular weight excluding hydrogens is 235 g/mol. The second-order valence-electron chi connectivity index (χ2n) is 4.13. The molecule has 18 heavy (non-hydrogen) atoms. The van der Waals surface area contributed by atoms with E-state index in [2.05, 4.69) is 5.32 Å². The first-order valence-corrected chi connectivity index (χ1v) is 5.81. The van der Waals surface area contributed by atoms with E-state index >= 15 is 0 Å². The molecule has 0 aliphatic heterocycles. The van der Waals surface area contributed by atoms with Gasteiger partial charge in [0, 0.05) is 31.0 Å². The minimum Gasteiger partial charge on any atom is -0.352 e. The number of halogens is 1. The third-order valence-corrected chi connectivity index (χ3v) is 2.51. The van der Waals surface area contributed by atoms with Gasteiger partial charge in [0.15, 0.2) is 5.78 Å². The number of ketones is 1. The van der Waals surface area contributed by atoms with Crippen LogP contribution in [0.1, 0.15) is 30.1 Å². The van der Waals surface area contributed by atoms with E-state index in [-0.39, 0.29) is 36.4 Å². The first-order chi connectivity index (χ1) is 8.52. The molecule has 0 spiro atoms. The van der Waals surface area contributed by atoms with Gasteiger partial charge in [-0.25, -0.2) is 4.39 Å². The molecule has 1 aromatic carbocycles. The number of hydrogen-bond donors (Lipinski definition) is 2. The van der Waals surface area contributed by atoms with Crippen molar-refractivity contribution in [1.82, 2.24) is 5.32 Å².